The molecule has 0 bridgehead atoms. The van der Waals surface area contributed by atoms with Gasteiger partial charge in [0.15, 0.2) is 0 Å². The number of rotatable bonds is 21. The van der Waals surface area contributed by atoms with Crippen molar-refractivity contribution in [2.24, 2.45) is 5.73 Å². The van der Waals surface area contributed by atoms with Gasteiger partial charge >= 0.3 is 8.80 Å². The lowest BCUT2D eigenvalue weighted by atomic mass is 10.5. The van der Waals surface area contributed by atoms with Gasteiger partial charge in [-0.05, 0) is 13.0 Å². The van der Waals surface area contributed by atoms with Crippen LogP contribution in [-0.2, 0) is 41.7 Å². The predicted molar refractivity (Wildman–Crippen MR) is 95.6 cm³/mol. The van der Waals surface area contributed by atoms with Crippen LogP contribution in [0.3, 0.4) is 0 Å². The van der Waals surface area contributed by atoms with Gasteiger partial charge in [-0.15, -0.1) is 0 Å². The topological polar surface area (TPSA) is 109 Å². The molecule has 2 N–H and O–H groups in total. The van der Waals surface area contributed by atoms with E-state index in [4.69, 9.17) is 47.4 Å². The number of ether oxygens (including phenoxy) is 6. The Balaban J connectivity index is 4.52. The minimum Gasteiger partial charge on any atom is -0.382 e. The van der Waals surface area contributed by atoms with Gasteiger partial charge in [-0.25, -0.2) is 0 Å². The molecular weight excluding hydrogens is 366 g/mol. The Bertz CT molecular complexity index is 254. The summed E-state index contributed by atoms with van der Waals surface area (Å²) >= 11 is 0. The lowest BCUT2D eigenvalue weighted by Crippen LogP contribution is -2.48. The molecule has 26 heavy (non-hydrogen) atoms. The molecule has 11 heteroatoms. The average molecular weight is 402 g/mol. The fourth-order valence-electron chi connectivity index (χ4n) is 1.66. The Hall–Kier alpha value is -0.183. The molecule has 0 spiro atoms. The third kappa shape index (κ3) is 14.9. The zero-order valence-electron chi connectivity index (χ0n) is 16.2. The van der Waals surface area contributed by atoms with Crippen LogP contribution >= 0.6 is 0 Å². The third-order valence-corrected chi connectivity index (χ3v) is 5.71. The smallest absolute Gasteiger partial charge is 0.382 e. The fourth-order valence-corrected chi connectivity index (χ4v) is 3.77. The first-order valence-electron chi connectivity index (χ1n) is 8.56. The molecule has 0 heterocycles. The van der Waals surface area contributed by atoms with E-state index in [2.05, 4.69) is 0 Å². The van der Waals surface area contributed by atoms with Gasteiger partial charge in [-0.1, -0.05) is 0 Å². The van der Waals surface area contributed by atoms with Crippen molar-refractivity contribution in [1.82, 2.24) is 0 Å². The molecule has 0 radical (unpaired) electrons. The first-order chi connectivity index (χ1) is 12.7. The summed E-state index contributed by atoms with van der Waals surface area (Å²) in [6.07, 6.45) is 0.681. The van der Waals surface area contributed by atoms with Gasteiger partial charge < -0.3 is 47.4 Å². The predicted octanol–water partition coefficient (Wildman–Crippen LogP) is 0.185. The van der Waals surface area contributed by atoms with Crippen molar-refractivity contribution in [1.29, 1.82) is 0 Å². The third-order valence-electron chi connectivity index (χ3n) is 3.07. The van der Waals surface area contributed by atoms with E-state index in [0.717, 1.165) is 0 Å². The van der Waals surface area contributed by atoms with Crippen molar-refractivity contribution >= 4 is 8.80 Å². The molecule has 158 valence electrons. The normalized spacial score (nSPS) is 12.0. The second-order valence-electron chi connectivity index (χ2n) is 5.06. The first-order valence-corrected chi connectivity index (χ1v) is 10.5. The van der Waals surface area contributed by atoms with Gasteiger partial charge in [-0.2, -0.15) is 0 Å². The summed E-state index contributed by atoms with van der Waals surface area (Å²) in [5.41, 5.74) is 5.63. The fraction of sp³-hybridized carbons (Fsp3) is 1.00. The number of nitrogens with two attached hydrogens (primary N) is 1. The highest BCUT2D eigenvalue weighted by molar-refractivity contribution is 6.60. The minimum absolute atomic E-state index is 0.0241. The summed E-state index contributed by atoms with van der Waals surface area (Å²) < 4.78 is 48.4. The van der Waals surface area contributed by atoms with E-state index >= 15 is 0 Å². The lowest BCUT2D eigenvalue weighted by molar-refractivity contribution is -0.111. The van der Waals surface area contributed by atoms with Crippen molar-refractivity contribution < 1.29 is 41.7 Å². The molecule has 0 atom stereocenters. The van der Waals surface area contributed by atoms with Crippen LogP contribution in [-0.4, -0.2) is 96.7 Å². The molecule has 0 rings (SSSR count). The van der Waals surface area contributed by atoms with Gasteiger partial charge in [0.1, 0.15) is 20.4 Å². The molecule has 0 amide bonds. The van der Waals surface area contributed by atoms with Gasteiger partial charge in [0.05, 0.1) is 39.6 Å². The van der Waals surface area contributed by atoms with Crippen LogP contribution in [0.4, 0.5) is 0 Å². The molecule has 0 unspecified atom stereocenters. The minimum atomic E-state index is -3.07. The molecular formula is C15H35NO9Si. The molecule has 0 aromatic rings. The van der Waals surface area contributed by atoms with Crippen LogP contribution in [0.15, 0.2) is 0 Å². The van der Waals surface area contributed by atoms with Gasteiger partial charge in [0.25, 0.3) is 0 Å². The molecule has 0 aromatic carbocycles. The van der Waals surface area contributed by atoms with E-state index < -0.39 is 8.80 Å². The average Bonchev–Trinajstić information content (AvgIpc) is 2.65. The van der Waals surface area contributed by atoms with Crippen LogP contribution in [0.2, 0.25) is 6.04 Å². The molecule has 0 aliphatic heterocycles. The largest absolute Gasteiger partial charge is 0.506 e. The number of methoxy groups -OCH3 is 3. The Morgan fingerprint density at radius 2 is 1.00 bits per heavy atom. The standard InChI is InChI=1S/C15H35NO9Si/c1-17-6-9-20-13-23-26(12-4-5-16,24-14-21-10-7-18-2)25-15-22-11-8-19-3/h4-16H2,1-3H3. The van der Waals surface area contributed by atoms with Crippen LogP contribution in [0, 0.1) is 0 Å². The second-order valence-corrected chi connectivity index (χ2v) is 7.80. The van der Waals surface area contributed by atoms with Crippen molar-refractivity contribution in [2.75, 3.05) is 87.9 Å². The quantitative estimate of drug-likeness (QED) is 0.163. The monoisotopic (exact) mass is 401 g/mol. The maximum absolute atomic E-state index is 5.83. The summed E-state index contributed by atoms with van der Waals surface area (Å²) in [6, 6.07) is 0.526. The zero-order valence-corrected chi connectivity index (χ0v) is 17.2. The van der Waals surface area contributed by atoms with Crippen molar-refractivity contribution in [3.63, 3.8) is 0 Å². The molecule has 0 saturated carbocycles. The highest BCUT2D eigenvalue weighted by Gasteiger charge is 2.41. The Labute approximate surface area is 157 Å². The Kier molecular flexibility index (Phi) is 19.4. The highest BCUT2D eigenvalue weighted by atomic mass is 28.4. The lowest BCUT2D eigenvalue weighted by Gasteiger charge is -2.29. The summed E-state index contributed by atoms with van der Waals surface area (Å²) in [5, 5.41) is 0. The molecule has 10 nitrogen and oxygen atoms in total. The zero-order chi connectivity index (χ0) is 19.3. The summed E-state index contributed by atoms with van der Waals surface area (Å²) in [6.45, 7) is 3.22. The first kappa shape index (κ1) is 25.8. The highest BCUT2D eigenvalue weighted by Crippen LogP contribution is 2.18. The molecule has 0 saturated heterocycles. The molecule has 0 aliphatic carbocycles. The van der Waals surface area contributed by atoms with Crippen molar-refractivity contribution in [3.05, 3.63) is 0 Å². The molecule has 0 aliphatic rings. The van der Waals surface area contributed by atoms with E-state index in [1.807, 2.05) is 0 Å². The number of hydrogen-bond acceptors (Lipinski definition) is 10. The molecule has 0 aromatic heterocycles. The van der Waals surface area contributed by atoms with E-state index in [0.29, 0.717) is 58.7 Å². The van der Waals surface area contributed by atoms with Gasteiger partial charge in [-0.3, -0.25) is 0 Å². The van der Waals surface area contributed by atoms with Gasteiger partial charge in [0.2, 0.25) is 0 Å². The van der Waals surface area contributed by atoms with Crippen molar-refractivity contribution in [2.45, 2.75) is 12.5 Å². The van der Waals surface area contributed by atoms with E-state index in [1.54, 1.807) is 21.3 Å². The van der Waals surface area contributed by atoms with Crippen LogP contribution in [0.25, 0.3) is 0 Å². The van der Waals surface area contributed by atoms with Crippen LogP contribution in [0.1, 0.15) is 6.42 Å². The van der Waals surface area contributed by atoms with Gasteiger partial charge in [0, 0.05) is 27.4 Å². The van der Waals surface area contributed by atoms with E-state index in [1.165, 1.54) is 0 Å². The van der Waals surface area contributed by atoms with Crippen LogP contribution in [0.5, 0.6) is 0 Å². The van der Waals surface area contributed by atoms with E-state index in [9.17, 15) is 0 Å². The Morgan fingerprint density at radius 3 is 1.31 bits per heavy atom. The summed E-state index contributed by atoms with van der Waals surface area (Å²) in [5.74, 6) is 0. The summed E-state index contributed by atoms with van der Waals surface area (Å²) in [4.78, 5) is 0. The maximum Gasteiger partial charge on any atom is 0.506 e. The summed E-state index contributed by atoms with van der Waals surface area (Å²) in [7, 11) is 1.73. The Morgan fingerprint density at radius 1 is 0.615 bits per heavy atom. The van der Waals surface area contributed by atoms with Crippen LogP contribution < -0.4 is 5.73 Å². The molecule has 0 fully saturated rings. The van der Waals surface area contributed by atoms with E-state index in [-0.39, 0.29) is 20.4 Å². The SMILES string of the molecule is COCCOCO[Si](CCCN)(OCOCCOC)OCOCCOC. The maximum atomic E-state index is 5.83. The second kappa shape index (κ2) is 19.6. The van der Waals surface area contributed by atoms with Crippen molar-refractivity contribution in [3.8, 4) is 0 Å². The number of hydrogen-bond donors (Lipinski definition) is 1.